The molecular formula is C50H29NOS2. The van der Waals surface area contributed by atoms with Crippen LogP contribution >= 0.6 is 22.7 Å². The zero-order valence-corrected chi connectivity index (χ0v) is 30.5. The predicted molar refractivity (Wildman–Crippen MR) is 235 cm³/mol. The number of rotatable bonds is 4. The molecule has 0 aliphatic carbocycles. The van der Waals surface area contributed by atoms with Crippen LogP contribution in [0, 0.1) is 0 Å². The normalized spacial score (nSPS) is 12.1. The van der Waals surface area contributed by atoms with Crippen molar-refractivity contribution in [3.8, 4) is 11.1 Å². The number of nitrogens with zero attached hydrogens (tertiary/aromatic N) is 1. The summed E-state index contributed by atoms with van der Waals surface area (Å²) in [6.45, 7) is 0. The van der Waals surface area contributed by atoms with Crippen LogP contribution in [0.25, 0.3) is 95.0 Å². The summed E-state index contributed by atoms with van der Waals surface area (Å²) >= 11 is 3.79. The zero-order chi connectivity index (χ0) is 35.3. The molecule has 0 aliphatic rings. The van der Waals surface area contributed by atoms with E-state index >= 15 is 0 Å². The van der Waals surface area contributed by atoms with E-state index in [0.29, 0.717) is 0 Å². The number of furan rings is 1. The van der Waals surface area contributed by atoms with Gasteiger partial charge in [0.15, 0.2) is 5.58 Å². The molecule has 2 nitrogen and oxygen atoms in total. The first-order valence-corrected chi connectivity index (χ1v) is 19.9. The summed E-state index contributed by atoms with van der Waals surface area (Å²) in [5, 5.41) is 12.7. The number of fused-ring (bicyclic) bond motifs is 13. The van der Waals surface area contributed by atoms with Gasteiger partial charge in [0.05, 0.1) is 5.69 Å². The van der Waals surface area contributed by atoms with Crippen LogP contribution in [-0.2, 0) is 0 Å². The third kappa shape index (κ3) is 4.45. The van der Waals surface area contributed by atoms with E-state index in [0.717, 1.165) is 39.0 Å². The summed E-state index contributed by atoms with van der Waals surface area (Å²) in [5.74, 6) is 0. The molecular weight excluding hydrogens is 695 g/mol. The maximum Gasteiger partial charge on any atom is 0.159 e. The Kier molecular flexibility index (Phi) is 6.41. The number of hydrogen-bond donors (Lipinski definition) is 0. The van der Waals surface area contributed by atoms with Crippen molar-refractivity contribution >= 4 is 124 Å². The van der Waals surface area contributed by atoms with E-state index in [2.05, 4.69) is 175 Å². The van der Waals surface area contributed by atoms with E-state index in [9.17, 15) is 0 Å². The lowest BCUT2D eigenvalue weighted by Gasteiger charge is -2.26. The summed E-state index contributed by atoms with van der Waals surface area (Å²) in [5.41, 5.74) is 7.35. The van der Waals surface area contributed by atoms with Crippen molar-refractivity contribution in [1.82, 2.24) is 0 Å². The molecule has 0 spiro atoms. The second-order valence-corrected chi connectivity index (χ2v) is 16.2. The molecule has 0 saturated carbocycles. The number of para-hydroxylation sites is 2. The zero-order valence-electron chi connectivity index (χ0n) is 28.9. The molecule has 0 aliphatic heterocycles. The van der Waals surface area contributed by atoms with Gasteiger partial charge in [0.2, 0.25) is 0 Å². The molecule has 54 heavy (non-hydrogen) atoms. The SMILES string of the molecule is c1ccc2cc(-c3ccc(N(c4ccc5c(c4)sc4ccc6sc7c8ccccc8ccc7c6c45)c4cccc5c4oc4ccccc45)cc3)ccc2c1. The Labute approximate surface area is 318 Å². The van der Waals surface area contributed by atoms with Crippen molar-refractivity contribution in [3.63, 3.8) is 0 Å². The minimum Gasteiger partial charge on any atom is -0.454 e. The van der Waals surface area contributed by atoms with Crippen molar-refractivity contribution in [2.24, 2.45) is 0 Å². The predicted octanol–water partition coefficient (Wildman–Crippen LogP) is 15.8. The largest absolute Gasteiger partial charge is 0.454 e. The molecule has 252 valence electrons. The van der Waals surface area contributed by atoms with Crippen molar-refractivity contribution < 1.29 is 4.42 Å². The van der Waals surface area contributed by atoms with E-state index in [1.807, 2.05) is 28.7 Å². The summed E-state index contributed by atoms with van der Waals surface area (Å²) in [6.07, 6.45) is 0. The van der Waals surface area contributed by atoms with Gasteiger partial charge in [-0.25, -0.2) is 0 Å². The van der Waals surface area contributed by atoms with Gasteiger partial charge in [-0.3, -0.25) is 0 Å². The third-order valence-corrected chi connectivity index (χ3v) is 13.4. The lowest BCUT2D eigenvalue weighted by atomic mass is 10.0. The fourth-order valence-corrected chi connectivity index (χ4v) is 10.9. The van der Waals surface area contributed by atoms with Gasteiger partial charge in [0.25, 0.3) is 0 Å². The van der Waals surface area contributed by atoms with Crippen LogP contribution in [0.5, 0.6) is 0 Å². The maximum atomic E-state index is 6.65. The van der Waals surface area contributed by atoms with Gasteiger partial charge in [-0.15, -0.1) is 22.7 Å². The van der Waals surface area contributed by atoms with Gasteiger partial charge < -0.3 is 9.32 Å². The highest BCUT2D eigenvalue weighted by Crippen LogP contribution is 2.48. The smallest absolute Gasteiger partial charge is 0.159 e. The Hall–Kier alpha value is -6.46. The second-order valence-electron chi connectivity index (χ2n) is 14.1. The van der Waals surface area contributed by atoms with Crippen LogP contribution in [0.15, 0.2) is 180 Å². The fraction of sp³-hybridized carbons (Fsp3) is 0. The highest BCUT2D eigenvalue weighted by molar-refractivity contribution is 7.28. The number of benzene rings is 9. The topological polar surface area (TPSA) is 16.4 Å². The van der Waals surface area contributed by atoms with Gasteiger partial charge >= 0.3 is 0 Å². The second kappa shape index (κ2) is 11.5. The number of anilines is 3. The Morgan fingerprint density at radius 2 is 1.06 bits per heavy atom. The van der Waals surface area contributed by atoms with E-state index in [1.165, 1.54) is 73.0 Å². The molecule has 0 N–H and O–H groups in total. The molecule has 12 aromatic rings. The molecule has 3 aromatic heterocycles. The molecule has 12 rings (SSSR count). The van der Waals surface area contributed by atoms with Crippen molar-refractivity contribution in [1.29, 1.82) is 0 Å². The average Bonchev–Trinajstić information content (AvgIpc) is 3.92. The van der Waals surface area contributed by atoms with Crippen molar-refractivity contribution in [3.05, 3.63) is 176 Å². The summed E-state index contributed by atoms with van der Waals surface area (Å²) < 4.78 is 11.9. The van der Waals surface area contributed by atoms with E-state index < -0.39 is 0 Å². The van der Waals surface area contributed by atoms with E-state index in [-0.39, 0.29) is 0 Å². The molecule has 0 fully saturated rings. The number of thiophene rings is 2. The molecule has 0 amide bonds. The lowest BCUT2D eigenvalue weighted by molar-refractivity contribution is 0.669. The molecule has 4 heteroatoms. The fourth-order valence-electron chi connectivity index (χ4n) is 8.50. The van der Waals surface area contributed by atoms with Crippen LogP contribution in [0.1, 0.15) is 0 Å². The Morgan fingerprint density at radius 3 is 1.94 bits per heavy atom. The standard InChI is InChI=1S/C50H29NOS2/c1-2-10-33-28-34(17-16-30(33)8-1)31-18-21-35(22-19-31)51(42-14-7-13-39-38-12-5-6-15-43(38)52-49(39)42)36-23-25-40-46(29-36)53-44-26-27-45-48(47(40)44)41-24-20-32-9-3-4-11-37(32)50(41)54-45/h1-29H. The maximum absolute atomic E-state index is 6.65. The molecule has 3 heterocycles. The lowest BCUT2D eigenvalue weighted by Crippen LogP contribution is -2.10. The highest BCUT2D eigenvalue weighted by Gasteiger charge is 2.21. The Morgan fingerprint density at radius 1 is 0.389 bits per heavy atom. The number of hydrogen-bond acceptors (Lipinski definition) is 4. The first-order valence-electron chi connectivity index (χ1n) is 18.2. The van der Waals surface area contributed by atoms with E-state index in [1.54, 1.807) is 0 Å². The molecule has 0 radical (unpaired) electrons. The summed E-state index contributed by atoms with van der Waals surface area (Å²) in [7, 11) is 0. The minimum atomic E-state index is 0.882. The molecule has 0 unspecified atom stereocenters. The average molecular weight is 724 g/mol. The summed E-state index contributed by atoms with van der Waals surface area (Å²) in [4.78, 5) is 2.36. The van der Waals surface area contributed by atoms with Gasteiger partial charge in [-0.2, -0.15) is 0 Å². The first-order chi connectivity index (χ1) is 26.7. The Balaban J connectivity index is 1.06. The molecule has 0 saturated heterocycles. The van der Waals surface area contributed by atoms with Gasteiger partial charge in [0.1, 0.15) is 5.58 Å². The van der Waals surface area contributed by atoms with Crippen molar-refractivity contribution in [2.75, 3.05) is 4.90 Å². The quantitative estimate of drug-likeness (QED) is 0.180. The molecule has 0 bridgehead atoms. The minimum absolute atomic E-state index is 0.882. The first kappa shape index (κ1) is 30.0. The highest BCUT2D eigenvalue weighted by atomic mass is 32.1. The Bertz CT molecular complexity index is 3460. The van der Waals surface area contributed by atoms with Gasteiger partial charge in [-0.1, -0.05) is 121 Å². The van der Waals surface area contributed by atoms with Crippen LogP contribution in [-0.4, -0.2) is 0 Å². The van der Waals surface area contributed by atoms with Crippen LogP contribution in [0.4, 0.5) is 17.1 Å². The van der Waals surface area contributed by atoms with Crippen LogP contribution in [0.3, 0.4) is 0 Å². The third-order valence-electron chi connectivity index (χ3n) is 11.0. The van der Waals surface area contributed by atoms with Crippen LogP contribution in [0.2, 0.25) is 0 Å². The van der Waals surface area contributed by atoms with Gasteiger partial charge in [-0.05, 0) is 87.3 Å². The molecule has 9 aromatic carbocycles. The van der Waals surface area contributed by atoms with E-state index in [4.69, 9.17) is 4.42 Å². The molecule has 0 atom stereocenters. The van der Waals surface area contributed by atoms with Crippen molar-refractivity contribution in [2.45, 2.75) is 0 Å². The van der Waals surface area contributed by atoms with Gasteiger partial charge in [0, 0.05) is 62.5 Å². The monoisotopic (exact) mass is 723 g/mol. The van der Waals surface area contributed by atoms with Crippen LogP contribution < -0.4 is 4.90 Å². The summed E-state index contributed by atoms with van der Waals surface area (Å²) in [6, 6.07) is 64.0.